The first-order chi connectivity index (χ1) is 10.3. The maximum atomic E-state index is 12.5. The summed E-state index contributed by atoms with van der Waals surface area (Å²) in [7, 11) is -3.96. The van der Waals surface area contributed by atoms with Crippen molar-refractivity contribution in [2.24, 2.45) is 5.14 Å². The fraction of sp³-hybridized carbons (Fsp3) is 0.267. The molecule has 0 aliphatic carbocycles. The molecule has 0 bridgehead atoms. The molecule has 0 unspecified atom stereocenters. The lowest BCUT2D eigenvalue weighted by Gasteiger charge is -2.26. The van der Waals surface area contributed by atoms with Crippen LogP contribution in [0.4, 0.5) is 0 Å². The Morgan fingerprint density at radius 2 is 1.82 bits per heavy atom. The molecule has 22 heavy (non-hydrogen) atoms. The summed E-state index contributed by atoms with van der Waals surface area (Å²) in [6.45, 7) is 4.16. The molecule has 1 amide bonds. The quantitative estimate of drug-likeness (QED) is 0.910. The molecule has 7 heteroatoms. The standard InChI is InChI=1S/C15H18N2O4S/c1-11(2)17(10-12-6-4-3-5-7-12)15(18)13-8-9-14(21-13)22(16,19)20/h3-9,11H,10H2,1-2H3,(H2,16,19,20). The Hall–Kier alpha value is -2.12. The minimum absolute atomic E-state index is 0.0475. The molecule has 0 atom stereocenters. The predicted molar refractivity (Wildman–Crippen MR) is 81.5 cm³/mol. The second-order valence-corrected chi connectivity index (χ2v) is 6.67. The molecule has 2 aromatic rings. The Balaban J connectivity index is 2.25. The van der Waals surface area contributed by atoms with Crippen LogP contribution in [0.25, 0.3) is 0 Å². The Morgan fingerprint density at radius 3 is 2.32 bits per heavy atom. The number of hydrogen-bond donors (Lipinski definition) is 1. The number of benzene rings is 1. The van der Waals surface area contributed by atoms with Gasteiger partial charge in [0.05, 0.1) is 0 Å². The first-order valence-electron chi connectivity index (χ1n) is 6.76. The number of carbonyl (C=O) groups excluding carboxylic acids is 1. The van der Waals surface area contributed by atoms with Gasteiger partial charge in [0, 0.05) is 12.6 Å². The lowest BCUT2D eigenvalue weighted by atomic mass is 10.2. The van der Waals surface area contributed by atoms with Gasteiger partial charge in [-0.05, 0) is 31.5 Å². The van der Waals surface area contributed by atoms with Crippen molar-refractivity contribution in [1.82, 2.24) is 4.90 Å². The lowest BCUT2D eigenvalue weighted by Crippen LogP contribution is -2.36. The van der Waals surface area contributed by atoms with Gasteiger partial charge in [0.2, 0.25) is 5.09 Å². The van der Waals surface area contributed by atoms with Crippen molar-refractivity contribution in [2.45, 2.75) is 31.5 Å². The molecule has 0 fully saturated rings. The molecule has 1 aromatic heterocycles. The van der Waals surface area contributed by atoms with E-state index in [0.717, 1.165) is 5.56 Å². The first kappa shape index (κ1) is 16.3. The molecule has 0 radical (unpaired) electrons. The summed E-state index contributed by atoms with van der Waals surface area (Å²) < 4.78 is 27.5. The number of nitrogens with zero attached hydrogens (tertiary/aromatic N) is 1. The van der Waals surface area contributed by atoms with Crippen LogP contribution in [0.2, 0.25) is 0 Å². The fourth-order valence-electron chi connectivity index (χ4n) is 2.00. The van der Waals surface area contributed by atoms with Gasteiger partial charge in [-0.1, -0.05) is 30.3 Å². The molecule has 0 saturated carbocycles. The Labute approximate surface area is 129 Å². The highest BCUT2D eigenvalue weighted by molar-refractivity contribution is 7.89. The third-order valence-corrected chi connectivity index (χ3v) is 3.93. The summed E-state index contributed by atoms with van der Waals surface area (Å²) in [5.41, 5.74) is 0.975. The van der Waals surface area contributed by atoms with E-state index in [4.69, 9.17) is 9.56 Å². The summed E-state index contributed by atoms with van der Waals surface area (Å²) in [5.74, 6) is -0.428. The number of furan rings is 1. The summed E-state index contributed by atoms with van der Waals surface area (Å²) in [6, 6.07) is 12.0. The summed E-state index contributed by atoms with van der Waals surface area (Å²) in [5, 5.41) is 4.57. The van der Waals surface area contributed by atoms with Crippen molar-refractivity contribution >= 4 is 15.9 Å². The molecule has 2 N–H and O–H groups in total. The Morgan fingerprint density at radius 1 is 1.18 bits per heavy atom. The lowest BCUT2D eigenvalue weighted by molar-refractivity contribution is 0.0651. The normalized spacial score (nSPS) is 11.6. The van der Waals surface area contributed by atoms with Crippen molar-refractivity contribution in [3.8, 4) is 0 Å². The SMILES string of the molecule is CC(C)N(Cc1ccccc1)C(=O)c1ccc(S(N)(=O)=O)o1. The smallest absolute Gasteiger partial charge is 0.290 e. The third kappa shape index (κ3) is 3.75. The Kier molecular flexibility index (Phi) is 4.68. The zero-order valence-corrected chi connectivity index (χ0v) is 13.2. The van der Waals surface area contributed by atoms with E-state index in [9.17, 15) is 13.2 Å². The molecule has 6 nitrogen and oxygen atoms in total. The summed E-state index contributed by atoms with van der Waals surface area (Å²) in [4.78, 5) is 14.1. The highest BCUT2D eigenvalue weighted by atomic mass is 32.2. The fourth-order valence-corrected chi connectivity index (χ4v) is 2.46. The molecular formula is C15H18N2O4S. The maximum absolute atomic E-state index is 12.5. The van der Waals surface area contributed by atoms with Gasteiger partial charge in [0.1, 0.15) is 0 Å². The average Bonchev–Trinajstić information content (AvgIpc) is 2.94. The number of primary sulfonamides is 1. The molecule has 118 valence electrons. The van der Waals surface area contributed by atoms with Gasteiger partial charge in [-0.2, -0.15) is 0 Å². The van der Waals surface area contributed by atoms with Gasteiger partial charge in [-0.3, -0.25) is 4.79 Å². The van der Waals surface area contributed by atoms with Crippen LogP contribution in [0.15, 0.2) is 52.0 Å². The number of carbonyl (C=O) groups is 1. The maximum Gasteiger partial charge on any atom is 0.290 e. The first-order valence-corrected chi connectivity index (χ1v) is 8.31. The largest absolute Gasteiger partial charge is 0.438 e. The van der Waals surface area contributed by atoms with Gasteiger partial charge in [-0.25, -0.2) is 13.6 Å². The van der Waals surface area contributed by atoms with Crippen LogP contribution in [0, 0.1) is 0 Å². The molecule has 1 heterocycles. The van der Waals surface area contributed by atoms with E-state index in [-0.39, 0.29) is 17.7 Å². The van der Waals surface area contributed by atoms with Crippen molar-refractivity contribution < 1.29 is 17.6 Å². The van der Waals surface area contributed by atoms with E-state index in [0.29, 0.717) is 6.54 Å². The molecule has 0 aliphatic heterocycles. The number of nitrogens with two attached hydrogens (primary N) is 1. The van der Waals surface area contributed by atoms with Crippen LogP contribution >= 0.6 is 0 Å². The van der Waals surface area contributed by atoms with Crippen molar-refractivity contribution in [1.29, 1.82) is 0 Å². The van der Waals surface area contributed by atoms with E-state index >= 15 is 0 Å². The number of hydrogen-bond acceptors (Lipinski definition) is 4. The zero-order valence-electron chi connectivity index (χ0n) is 12.4. The molecular weight excluding hydrogens is 304 g/mol. The van der Waals surface area contributed by atoms with Gasteiger partial charge < -0.3 is 9.32 Å². The van der Waals surface area contributed by atoms with Crippen molar-refractivity contribution in [3.63, 3.8) is 0 Å². The summed E-state index contributed by atoms with van der Waals surface area (Å²) >= 11 is 0. The van der Waals surface area contributed by atoms with E-state index in [1.165, 1.54) is 12.1 Å². The van der Waals surface area contributed by atoms with Crippen LogP contribution in [-0.2, 0) is 16.6 Å². The number of rotatable bonds is 5. The Bertz CT molecular complexity index is 751. The third-order valence-electron chi connectivity index (χ3n) is 3.15. The molecule has 2 rings (SSSR count). The topological polar surface area (TPSA) is 93.6 Å². The zero-order chi connectivity index (χ0) is 16.3. The van der Waals surface area contributed by atoms with Crippen LogP contribution < -0.4 is 5.14 Å². The average molecular weight is 322 g/mol. The van der Waals surface area contributed by atoms with E-state index in [1.807, 2.05) is 44.2 Å². The summed E-state index contributed by atoms with van der Waals surface area (Å²) in [6.07, 6.45) is 0. The minimum atomic E-state index is -3.96. The molecule has 0 aliphatic rings. The van der Waals surface area contributed by atoms with E-state index in [2.05, 4.69) is 0 Å². The highest BCUT2D eigenvalue weighted by Gasteiger charge is 2.24. The monoisotopic (exact) mass is 322 g/mol. The molecule has 1 aromatic carbocycles. The van der Waals surface area contributed by atoms with Crippen LogP contribution in [0.5, 0.6) is 0 Å². The number of sulfonamides is 1. The van der Waals surface area contributed by atoms with Gasteiger partial charge in [0.25, 0.3) is 15.9 Å². The predicted octanol–water partition coefficient (Wildman–Crippen LogP) is 1.98. The van der Waals surface area contributed by atoms with E-state index in [1.54, 1.807) is 4.90 Å². The van der Waals surface area contributed by atoms with Crippen molar-refractivity contribution in [3.05, 3.63) is 53.8 Å². The van der Waals surface area contributed by atoms with Gasteiger partial charge >= 0.3 is 0 Å². The van der Waals surface area contributed by atoms with E-state index < -0.39 is 15.1 Å². The minimum Gasteiger partial charge on any atom is -0.438 e. The number of amides is 1. The molecule has 0 spiro atoms. The van der Waals surface area contributed by atoms with Gasteiger partial charge in [0.15, 0.2) is 5.76 Å². The second-order valence-electron chi connectivity index (χ2n) is 5.18. The van der Waals surface area contributed by atoms with Crippen LogP contribution in [0.1, 0.15) is 30.0 Å². The van der Waals surface area contributed by atoms with Crippen LogP contribution in [0.3, 0.4) is 0 Å². The molecule has 0 saturated heterocycles. The van der Waals surface area contributed by atoms with Gasteiger partial charge in [-0.15, -0.1) is 0 Å². The van der Waals surface area contributed by atoms with Crippen LogP contribution in [-0.4, -0.2) is 25.3 Å². The van der Waals surface area contributed by atoms with Crippen molar-refractivity contribution in [2.75, 3.05) is 0 Å². The second kappa shape index (κ2) is 6.33. The highest BCUT2D eigenvalue weighted by Crippen LogP contribution is 2.17.